The Morgan fingerprint density at radius 1 is 1.15 bits per heavy atom. The Bertz CT molecular complexity index is 1030. The number of hydrogen-bond donors (Lipinski definition) is 2. The molecule has 4 rings (SSSR count). The molecule has 1 aromatic heterocycles. The van der Waals surface area contributed by atoms with E-state index in [0.717, 1.165) is 15.8 Å². The molecule has 1 atom stereocenters. The Morgan fingerprint density at radius 3 is 2.63 bits per heavy atom. The number of urea groups is 1. The maximum atomic E-state index is 12.5. The van der Waals surface area contributed by atoms with Gasteiger partial charge in [0, 0.05) is 11.6 Å². The highest BCUT2D eigenvalue weighted by molar-refractivity contribution is 6.23. The molecule has 8 nitrogen and oxygen atoms in total. The number of para-hydroxylation sites is 2. The fourth-order valence-corrected chi connectivity index (χ4v) is 3.04. The number of benzene rings is 2. The highest BCUT2D eigenvalue weighted by Gasteiger charge is 2.37. The van der Waals surface area contributed by atoms with Crippen molar-refractivity contribution in [2.75, 3.05) is 10.2 Å². The summed E-state index contributed by atoms with van der Waals surface area (Å²) in [6.45, 7) is 1.63. The molecule has 8 heteroatoms. The summed E-state index contributed by atoms with van der Waals surface area (Å²) in [6.07, 6.45) is 1.79. The number of fused-ring (bicyclic) bond motifs is 1. The molecule has 27 heavy (non-hydrogen) atoms. The minimum atomic E-state index is -0.599. The Labute approximate surface area is 154 Å². The second-order valence-corrected chi connectivity index (χ2v) is 6.30. The van der Waals surface area contributed by atoms with Gasteiger partial charge in [0.2, 0.25) is 5.91 Å². The summed E-state index contributed by atoms with van der Waals surface area (Å²) in [5.74, 6) is -0.671. The molecule has 0 saturated carbocycles. The number of carbonyl (C=O) groups is 3. The fraction of sp³-hybridized carbons (Fsp3) is 0.158. The van der Waals surface area contributed by atoms with Crippen LogP contribution >= 0.6 is 0 Å². The SMILES string of the molecule is CC1NC(=O)N(c2ccccc2NC(=O)Cn2cc3ccccc3n2)C1=O. The van der Waals surface area contributed by atoms with Crippen molar-refractivity contribution in [2.45, 2.75) is 19.5 Å². The maximum Gasteiger partial charge on any atom is 0.329 e. The Balaban J connectivity index is 1.55. The van der Waals surface area contributed by atoms with Crippen molar-refractivity contribution >= 4 is 40.1 Å². The van der Waals surface area contributed by atoms with Crippen LogP contribution in [0.2, 0.25) is 0 Å². The summed E-state index contributed by atoms with van der Waals surface area (Å²) >= 11 is 0. The van der Waals surface area contributed by atoms with Gasteiger partial charge in [-0.05, 0) is 25.1 Å². The molecule has 1 aliphatic rings. The zero-order valence-corrected chi connectivity index (χ0v) is 14.5. The van der Waals surface area contributed by atoms with Crippen LogP contribution in [0.3, 0.4) is 0 Å². The van der Waals surface area contributed by atoms with Crippen molar-refractivity contribution in [1.82, 2.24) is 15.1 Å². The molecule has 2 aromatic carbocycles. The summed E-state index contributed by atoms with van der Waals surface area (Å²) < 4.78 is 1.55. The van der Waals surface area contributed by atoms with Crippen LogP contribution in [0, 0.1) is 0 Å². The fourth-order valence-electron chi connectivity index (χ4n) is 3.04. The average Bonchev–Trinajstić information content (AvgIpc) is 3.15. The molecule has 1 saturated heterocycles. The van der Waals surface area contributed by atoms with E-state index in [1.165, 1.54) is 0 Å². The van der Waals surface area contributed by atoms with E-state index < -0.39 is 12.1 Å². The van der Waals surface area contributed by atoms with E-state index >= 15 is 0 Å². The molecule has 0 aliphatic carbocycles. The van der Waals surface area contributed by atoms with Crippen molar-refractivity contribution in [2.24, 2.45) is 0 Å². The average molecular weight is 363 g/mol. The number of nitrogens with one attached hydrogen (secondary N) is 2. The molecular weight excluding hydrogens is 346 g/mol. The van der Waals surface area contributed by atoms with E-state index in [9.17, 15) is 14.4 Å². The molecule has 136 valence electrons. The number of imide groups is 1. The number of carbonyl (C=O) groups excluding carboxylic acids is 3. The van der Waals surface area contributed by atoms with E-state index in [4.69, 9.17) is 0 Å². The highest BCUT2D eigenvalue weighted by atomic mass is 16.2. The third-order valence-electron chi connectivity index (χ3n) is 4.32. The van der Waals surface area contributed by atoms with E-state index in [2.05, 4.69) is 15.7 Å². The quantitative estimate of drug-likeness (QED) is 0.694. The van der Waals surface area contributed by atoms with Crippen molar-refractivity contribution in [3.8, 4) is 0 Å². The van der Waals surface area contributed by atoms with Gasteiger partial charge in [-0.15, -0.1) is 0 Å². The summed E-state index contributed by atoms with van der Waals surface area (Å²) in [5, 5.41) is 10.6. The minimum absolute atomic E-state index is 0.0135. The largest absolute Gasteiger partial charge is 0.329 e. The van der Waals surface area contributed by atoms with Crippen LogP contribution in [0.1, 0.15) is 6.92 Å². The van der Waals surface area contributed by atoms with Gasteiger partial charge < -0.3 is 10.6 Å². The normalized spacial score (nSPS) is 16.6. The molecule has 0 bridgehead atoms. The lowest BCUT2D eigenvalue weighted by molar-refractivity contribution is -0.118. The van der Waals surface area contributed by atoms with Gasteiger partial charge in [0.25, 0.3) is 5.91 Å². The third kappa shape index (κ3) is 3.12. The molecule has 2 heterocycles. The summed E-state index contributed by atoms with van der Waals surface area (Å²) in [5.41, 5.74) is 1.53. The smallest absolute Gasteiger partial charge is 0.326 e. The lowest BCUT2D eigenvalue weighted by atomic mass is 10.2. The number of anilines is 2. The predicted molar refractivity (Wildman–Crippen MR) is 100 cm³/mol. The van der Waals surface area contributed by atoms with Crippen molar-refractivity contribution in [3.05, 3.63) is 54.7 Å². The van der Waals surface area contributed by atoms with Crippen LogP contribution in [0.5, 0.6) is 0 Å². The maximum absolute atomic E-state index is 12.5. The van der Waals surface area contributed by atoms with Crippen molar-refractivity contribution in [3.63, 3.8) is 0 Å². The summed E-state index contributed by atoms with van der Waals surface area (Å²) in [6, 6.07) is 13.2. The van der Waals surface area contributed by atoms with Gasteiger partial charge in [0.05, 0.1) is 16.9 Å². The molecule has 2 N–H and O–H groups in total. The van der Waals surface area contributed by atoms with Crippen LogP contribution in [0.25, 0.3) is 10.9 Å². The van der Waals surface area contributed by atoms with Crippen molar-refractivity contribution < 1.29 is 14.4 Å². The molecule has 0 spiro atoms. The number of rotatable bonds is 4. The minimum Gasteiger partial charge on any atom is -0.326 e. The second kappa shape index (κ2) is 6.56. The topological polar surface area (TPSA) is 96.3 Å². The molecule has 1 aliphatic heterocycles. The molecule has 4 amide bonds. The Hall–Kier alpha value is -3.68. The number of amides is 4. The van der Waals surface area contributed by atoms with Crippen LogP contribution in [0.15, 0.2) is 54.7 Å². The lowest BCUT2D eigenvalue weighted by Crippen LogP contribution is -2.32. The van der Waals surface area contributed by atoms with Gasteiger partial charge in [0.15, 0.2) is 0 Å². The van der Waals surface area contributed by atoms with E-state index in [1.54, 1.807) is 42.1 Å². The van der Waals surface area contributed by atoms with E-state index in [-0.39, 0.29) is 18.4 Å². The predicted octanol–water partition coefficient (Wildman–Crippen LogP) is 2.12. The zero-order chi connectivity index (χ0) is 19.0. The first-order chi connectivity index (χ1) is 13.0. The van der Waals surface area contributed by atoms with Crippen molar-refractivity contribution in [1.29, 1.82) is 0 Å². The summed E-state index contributed by atoms with van der Waals surface area (Å²) in [7, 11) is 0. The van der Waals surface area contributed by atoms with Gasteiger partial charge >= 0.3 is 6.03 Å². The second-order valence-electron chi connectivity index (χ2n) is 6.30. The highest BCUT2D eigenvalue weighted by Crippen LogP contribution is 2.28. The van der Waals surface area contributed by atoms with Gasteiger partial charge in [-0.3, -0.25) is 14.3 Å². The molecule has 1 unspecified atom stereocenters. The van der Waals surface area contributed by atoms with Gasteiger partial charge in [-0.2, -0.15) is 5.10 Å². The molecule has 0 radical (unpaired) electrons. The molecule has 3 aromatic rings. The number of aromatic nitrogens is 2. The number of hydrogen-bond acceptors (Lipinski definition) is 4. The number of nitrogens with zero attached hydrogens (tertiary/aromatic N) is 3. The molecule has 1 fully saturated rings. The molecular formula is C19H17N5O3. The summed E-state index contributed by atoms with van der Waals surface area (Å²) in [4.78, 5) is 37.9. The van der Waals surface area contributed by atoms with E-state index in [0.29, 0.717) is 11.4 Å². The lowest BCUT2D eigenvalue weighted by Gasteiger charge is -2.17. The first-order valence-electron chi connectivity index (χ1n) is 8.48. The standard InChI is InChI=1S/C19H17N5O3/c1-12-18(26)24(19(27)20-12)16-9-5-4-8-15(16)21-17(25)11-23-10-13-6-2-3-7-14(13)22-23/h2-10,12H,11H2,1H3,(H,20,27)(H,21,25). The van der Waals surface area contributed by atoms with Gasteiger partial charge in [-0.1, -0.05) is 30.3 Å². The third-order valence-corrected chi connectivity index (χ3v) is 4.32. The van der Waals surface area contributed by atoms with Gasteiger partial charge in [0.1, 0.15) is 12.6 Å². The zero-order valence-electron chi connectivity index (χ0n) is 14.5. The van der Waals surface area contributed by atoms with Crippen LogP contribution in [0.4, 0.5) is 16.2 Å². The van der Waals surface area contributed by atoms with E-state index in [1.807, 2.05) is 24.3 Å². The van der Waals surface area contributed by atoms with Gasteiger partial charge in [-0.25, -0.2) is 9.69 Å². The van der Waals surface area contributed by atoms with Crippen LogP contribution < -0.4 is 15.5 Å². The van der Waals surface area contributed by atoms with Crippen LogP contribution in [-0.2, 0) is 16.1 Å². The monoisotopic (exact) mass is 363 g/mol. The first-order valence-corrected chi connectivity index (χ1v) is 8.48. The first kappa shape index (κ1) is 16.8. The Morgan fingerprint density at radius 2 is 1.89 bits per heavy atom. The van der Waals surface area contributed by atoms with Crippen LogP contribution in [-0.4, -0.2) is 33.7 Å². The Kier molecular flexibility index (Phi) is 4.08.